The quantitative estimate of drug-likeness (QED) is 0.629. The Hall–Kier alpha value is -0.770. The van der Waals surface area contributed by atoms with E-state index in [4.69, 9.17) is 16.7 Å². The molecule has 0 atom stereocenters. The van der Waals surface area contributed by atoms with Gasteiger partial charge in [-0.3, -0.25) is 9.78 Å². The van der Waals surface area contributed by atoms with Crippen LogP contribution < -0.4 is 4.74 Å². The molecule has 0 aliphatic rings. The van der Waals surface area contributed by atoms with Gasteiger partial charge in [-0.05, 0) is 28.7 Å². The van der Waals surface area contributed by atoms with E-state index in [1.165, 1.54) is 0 Å². The van der Waals surface area contributed by atoms with Crippen LogP contribution in [0.2, 0.25) is 0 Å². The van der Waals surface area contributed by atoms with E-state index in [2.05, 4.69) is 9.72 Å². The van der Waals surface area contributed by atoms with Crippen LogP contribution in [0, 0.1) is 3.57 Å². The lowest BCUT2D eigenvalue weighted by Crippen LogP contribution is -2.19. The summed E-state index contributed by atoms with van der Waals surface area (Å²) in [7, 11) is 0. The van der Waals surface area contributed by atoms with Crippen molar-refractivity contribution < 1.29 is 27.8 Å². The monoisotopic (exact) mass is 395 g/mol. The Balaban J connectivity index is 3.14. The smallest absolute Gasteiger partial charge is 0.481 e. The summed E-state index contributed by atoms with van der Waals surface area (Å²) in [5, 5.41) is 8.62. The fourth-order valence-corrected chi connectivity index (χ4v) is 1.91. The molecule has 0 spiro atoms. The van der Waals surface area contributed by atoms with Gasteiger partial charge in [0.05, 0.1) is 23.7 Å². The van der Waals surface area contributed by atoms with Crippen LogP contribution in [0.5, 0.6) is 5.75 Å². The van der Waals surface area contributed by atoms with E-state index in [0.29, 0.717) is 0 Å². The van der Waals surface area contributed by atoms with Crippen LogP contribution in [0.25, 0.3) is 0 Å². The molecule has 0 bridgehead atoms. The number of carbonyl (C=O) groups is 1. The molecule has 0 aliphatic carbocycles. The Morgan fingerprint density at radius 2 is 2.11 bits per heavy atom. The lowest BCUT2D eigenvalue weighted by Gasteiger charge is -2.13. The first-order valence-corrected chi connectivity index (χ1v) is 6.06. The summed E-state index contributed by atoms with van der Waals surface area (Å²) >= 11 is 7.15. The van der Waals surface area contributed by atoms with Crippen LogP contribution in [0.15, 0.2) is 6.07 Å². The SMILES string of the molecule is O=C(O)Cc1nc(CCl)c(OC(F)(F)F)cc1I. The maximum Gasteiger partial charge on any atom is 0.573 e. The minimum Gasteiger partial charge on any atom is -0.481 e. The van der Waals surface area contributed by atoms with Crippen molar-refractivity contribution in [2.45, 2.75) is 18.7 Å². The highest BCUT2D eigenvalue weighted by molar-refractivity contribution is 14.1. The van der Waals surface area contributed by atoms with Crippen molar-refractivity contribution in [3.05, 3.63) is 21.0 Å². The Kier molecular flexibility index (Phi) is 5.02. The van der Waals surface area contributed by atoms with Gasteiger partial charge in [-0.1, -0.05) is 0 Å². The van der Waals surface area contributed by atoms with Gasteiger partial charge in [0, 0.05) is 3.57 Å². The molecule has 4 nitrogen and oxygen atoms in total. The maximum absolute atomic E-state index is 12.1. The molecule has 100 valence electrons. The topological polar surface area (TPSA) is 59.4 Å². The van der Waals surface area contributed by atoms with Crippen LogP contribution in [0.1, 0.15) is 11.4 Å². The van der Waals surface area contributed by atoms with Gasteiger partial charge in [-0.2, -0.15) is 0 Å². The minimum atomic E-state index is -4.85. The maximum atomic E-state index is 12.1. The highest BCUT2D eigenvalue weighted by Gasteiger charge is 2.32. The molecule has 9 heteroatoms. The van der Waals surface area contributed by atoms with Crippen molar-refractivity contribution in [2.24, 2.45) is 0 Å². The van der Waals surface area contributed by atoms with E-state index in [9.17, 15) is 18.0 Å². The average Bonchev–Trinajstić information content (AvgIpc) is 2.19. The molecule has 1 rings (SSSR count). The molecule has 0 unspecified atom stereocenters. The zero-order valence-corrected chi connectivity index (χ0v) is 11.5. The van der Waals surface area contributed by atoms with Crippen molar-refractivity contribution in [3.8, 4) is 5.75 Å². The predicted molar refractivity (Wildman–Crippen MR) is 64.5 cm³/mol. The van der Waals surface area contributed by atoms with Crippen molar-refractivity contribution in [1.82, 2.24) is 4.98 Å². The van der Waals surface area contributed by atoms with Gasteiger partial charge in [-0.25, -0.2) is 0 Å². The van der Waals surface area contributed by atoms with Gasteiger partial charge >= 0.3 is 12.3 Å². The van der Waals surface area contributed by atoms with E-state index < -0.39 is 24.5 Å². The number of carboxylic acids is 1. The normalized spacial score (nSPS) is 11.4. The number of nitrogens with zero attached hydrogens (tertiary/aromatic N) is 1. The third-order valence-electron chi connectivity index (χ3n) is 1.76. The van der Waals surface area contributed by atoms with Crippen LogP contribution in [-0.4, -0.2) is 22.4 Å². The molecule has 18 heavy (non-hydrogen) atoms. The largest absolute Gasteiger partial charge is 0.573 e. The number of hydrogen-bond donors (Lipinski definition) is 1. The second-order valence-electron chi connectivity index (χ2n) is 3.11. The number of halogens is 5. The Bertz CT molecular complexity index is 467. The summed E-state index contributed by atoms with van der Waals surface area (Å²) in [6.07, 6.45) is -5.24. The van der Waals surface area contributed by atoms with Gasteiger partial charge < -0.3 is 9.84 Å². The van der Waals surface area contributed by atoms with Gasteiger partial charge in [-0.15, -0.1) is 24.8 Å². The van der Waals surface area contributed by atoms with Crippen LogP contribution in [0.3, 0.4) is 0 Å². The van der Waals surface area contributed by atoms with Crippen molar-refractivity contribution in [1.29, 1.82) is 0 Å². The fraction of sp³-hybridized carbons (Fsp3) is 0.333. The summed E-state index contributed by atoms with van der Waals surface area (Å²) in [6, 6.07) is 1.07. The van der Waals surface area contributed by atoms with Crippen LogP contribution in [-0.2, 0) is 17.1 Å². The van der Waals surface area contributed by atoms with Crippen molar-refractivity contribution in [3.63, 3.8) is 0 Å². The molecule has 1 aromatic rings. The number of aromatic nitrogens is 1. The number of ether oxygens (including phenoxy) is 1. The lowest BCUT2D eigenvalue weighted by molar-refractivity contribution is -0.275. The second-order valence-corrected chi connectivity index (χ2v) is 4.54. The number of hydrogen-bond acceptors (Lipinski definition) is 3. The predicted octanol–water partition coefficient (Wildman–Crippen LogP) is 2.95. The zero-order chi connectivity index (χ0) is 13.9. The molecule has 1 N–H and O–H groups in total. The van der Waals surface area contributed by atoms with E-state index in [0.717, 1.165) is 6.07 Å². The summed E-state index contributed by atoms with van der Waals surface area (Å²) in [5.41, 5.74) is -0.000989. The highest BCUT2D eigenvalue weighted by Crippen LogP contribution is 2.29. The number of aliphatic carboxylic acids is 1. The Labute approximate surface area is 118 Å². The first-order chi connectivity index (χ1) is 8.23. The van der Waals surface area contributed by atoms with E-state index >= 15 is 0 Å². The lowest BCUT2D eigenvalue weighted by atomic mass is 10.2. The first kappa shape index (κ1) is 15.3. The minimum absolute atomic E-state index is 0.147. The number of pyridine rings is 1. The van der Waals surface area contributed by atoms with Gasteiger partial charge in [0.25, 0.3) is 0 Å². The van der Waals surface area contributed by atoms with Crippen LogP contribution >= 0.6 is 34.2 Å². The van der Waals surface area contributed by atoms with Crippen LogP contribution in [0.4, 0.5) is 13.2 Å². The average molecular weight is 396 g/mol. The Morgan fingerprint density at radius 3 is 2.56 bits per heavy atom. The molecule has 0 aromatic carbocycles. The molecular formula is C9H6ClF3INO3. The molecule has 1 heterocycles. The zero-order valence-electron chi connectivity index (χ0n) is 8.59. The standard InChI is InChI=1S/C9H6ClF3INO3/c10-3-6-7(18-9(11,12)13)1-4(14)5(15-6)2-8(16)17/h1H,2-3H2,(H,16,17). The molecule has 0 amide bonds. The summed E-state index contributed by atoms with van der Waals surface area (Å²) in [6.45, 7) is 0. The number of alkyl halides is 4. The number of rotatable bonds is 4. The van der Waals surface area contributed by atoms with Gasteiger partial charge in [0.15, 0.2) is 5.75 Å². The van der Waals surface area contributed by atoms with Gasteiger partial charge in [0.1, 0.15) is 0 Å². The molecule has 0 radical (unpaired) electrons. The molecule has 0 fully saturated rings. The van der Waals surface area contributed by atoms with E-state index in [1.807, 2.05) is 0 Å². The third-order valence-corrected chi connectivity index (χ3v) is 2.95. The second kappa shape index (κ2) is 5.91. The number of carboxylic acid groups (broad SMARTS) is 1. The molecular weight excluding hydrogens is 389 g/mol. The molecule has 1 aromatic heterocycles. The van der Waals surface area contributed by atoms with Crippen molar-refractivity contribution >= 4 is 40.2 Å². The molecule has 0 saturated carbocycles. The van der Waals surface area contributed by atoms with Crippen molar-refractivity contribution in [2.75, 3.05) is 0 Å². The first-order valence-electron chi connectivity index (χ1n) is 4.44. The third kappa shape index (κ3) is 4.48. The molecule has 0 saturated heterocycles. The van der Waals surface area contributed by atoms with E-state index in [1.54, 1.807) is 22.6 Å². The summed E-state index contributed by atoms with van der Waals surface area (Å²) < 4.78 is 40.4. The van der Waals surface area contributed by atoms with Gasteiger partial charge in [0.2, 0.25) is 0 Å². The molecule has 0 aliphatic heterocycles. The summed E-state index contributed by atoms with van der Waals surface area (Å²) in [5.74, 6) is -1.96. The summed E-state index contributed by atoms with van der Waals surface area (Å²) in [4.78, 5) is 14.3. The fourth-order valence-electron chi connectivity index (χ4n) is 1.13. The highest BCUT2D eigenvalue weighted by atomic mass is 127. The Morgan fingerprint density at radius 1 is 1.50 bits per heavy atom. The van der Waals surface area contributed by atoms with E-state index in [-0.39, 0.29) is 20.8 Å².